The van der Waals surface area contributed by atoms with Crippen molar-refractivity contribution in [3.05, 3.63) is 0 Å². The van der Waals surface area contributed by atoms with Crippen LogP contribution in [0.5, 0.6) is 0 Å². The van der Waals surface area contributed by atoms with Crippen LogP contribution in [0, 0.1) is 11.8 Å². The van der Waals surface area contributed by atoms with Crippen molar-refractivity contribution in [3.63, 3.8) is 0 Å². The van der Waals surface area contributed by atoms with Crippen molar-refractivity contribution >= 4 is 5.97 Å². The number of aliphatic carboxylic acids is 1. The van der Waals surface area contributed by atoms with Gasteiger partial charge in [-0.25, -0.2) is 14.6 Å². The number of rotatable bonds is 11. The van der Waals surface area contributed by atoms with Crippen molar-refractivity contribution in [2.24, 2.45) is 11.8 Å². The SMILES string of the molecule is CC(C)CCCCC(C)CCCCC1CCCC2OOC2(C(=O)O)OO1. The molecule has 0 aromatic heterocycles. The molecule has 4 atom stereocenters. The van der Waals surface area contributed by atoms with E-state index < -0.39 is 17.9 Å². The van der Waals surface area contributed by atoms with Crippen LogP contribution in [-0.2, 0) is 24.3 Å². The van der Waals surface area contributed by atoms with E-state index in [9.17, 15) is 9.90 Å². The molecular formula is C20H36O6. The van der Waals surface area contributed by atoms with E-state index >= 15 is 0 Å². The minimum absolute atomic E-state index is 0.0716. The quantitative estimate of drug-likeness (QED) is 0.406. The predicted octanol–water partition coefficient (Wildman–Crippen LogP) is 5.01. The Kier molecular flexibility index (Phi) is 8.80. The highest BCUT2D eigenvalue weighted by Gasteiger charge is 2.62. The third-order valence-corrected chi connectivity index (χ3v) is 5.51. The van der Waals surface area contributed by atoms with Gasteiger partial charge in [0.2, 0.25) is 0 Å². The Bertz CT molecular complexity index is 427. The highest BCUT2D eigenvalue weighted by Crippen LogP contribution is 2.38. The first-order valence-electron chi connectivity index (χ1n) is 10.4. The van der Waals surface area contributed by atoms with Crippen LogP contribution in [0.1, 0.15) is 91.4 Å². The zero-order valence-electron chi connectivity index (χ0n) is 16.6. The fraction of sp³-hybridized carbons (Fsp3) is 0.950. The molecule has 0 saturated carbocycles. The summed E-state index contributed by atoms with van der Waals surface area (Å²) in [6, 6.07) is 0. The third-order valence-electron chi connectivity index (χ3n) is 5.51. The lowest BCUT2D eigenvalue weighted by atomic mass is 9.94. The second kappa shape index (κ2) is 10.6. The molecule has 0 aromatic carbocycles. The zero-order chi connectivity index (χ0) is 19.0. The van der Waals surface area contributed by atoms with Crippen molar-refractivity contribution in [3.8, 4) is 0 Å². The van der Waals surface area contributed by atoms with Gasteiger partial charge in [-0.15, -0.1) is 0 Å². The summed E-state index contributed by atoms with van der Waals surface area (Å²) in [5.74, 6) is -1.39. The van der Waals surface area contributed by atoms with Crippen molar-refractivity contribution in [1.29, 1.82) is 0 Å². The van der Waals surface area contributed by atoms with E-state index in [0.29, 0.717) is 6.42 Å². The van der Waals surface area contributed by atoms with Crippen LogP contribution in [0.15, 0.2) is 0 Å². The maximum absolute atomic E-state index is 11.4. The summed E-state index contributed by atoms with van der Waals surface area (Å²) in [4.78, 5) is 31.5. The second-order valence-corrected chi connectivity index (χ2v) is 8.44. The lowest BCUT2D eigenvalue weighted by molar-refractivity contribution is -0.614. The van der Waals surface area contributed by atoms with Gasteiger partial charge in [-0.1, -0.05) is 65.7 Å². The highest BCUT2D eigenvalue weighted by atomic mass is 17.4. The fourth-order valence-corrected chi connectivity index (χ4v) is 3.68. The van der Waals surface area contributed by atoms with Gasteiger partial charge in [0.25, 0.3) is 0 Å². The van der Waals surface area contributed by atoms with Gasteiger partial charge in [-0.05, 0) is 37.5 Å². The van der Waals surface area contributed by atoms with Gasteiger partial charge < -0.3 is 5.11 Å². The summed E-state index contributed by atoms with van der Waals surface area (Å²) in [5, 5.41) is 9.31. The zero-order valence-corrected chi connectivity index (χ0v) is 16.6. The minimum atomic E-state index is -1.77. The molecule has 152 valence electrons. The monoisotopic (exact) mass is 372 g/mol. The Labute approximate surface area is 157 Å². The van der Waals surface area contributed by atoms with Gasteiger partial charge in [0.05, 0.1) is 6.10 Å². The number of hydrogen-bond donors (Lipinski definition) is 1. The summed E-state index contributed by atoms with van der Waals surface area (Å²) in [7, 11) is 0. The lowest BCUT2D eigenvalue weighted by Gasteiger charge is -2.43. The Morgan fingerprint density at radius 1 is 1.00 bits per heavy atom. The van der Waals surface area contributed by atoms with Gasteiger partial charge in [0.15, 0.2) is 6.10 Å². The van der Waals surface area contributed by atoms with Crippen LogP contribution < -0.4 is 0 Å². The van der Waals surface area contributed by atoms with Crippen LogP contribution in [-0.4, -0.2) is 29.1 Å². The number of unbranched alkanes of at least 4 members (excludes halogenated alkanes) is 2. The van der Waals surface area contributed by atoms with Gasteiger partial charge in [0.1, 0.15) is 0 Å². The molecule has 4 unspecified atom stereocenters. The van der Waals surface area contributed by atoms with Crippen LogP contribution in [0.3, 0.4) is 0 Å². The number of hydrogen-bond acceptors (Lipinski definition) is 5. The maximum atomic E-state index is 11.4. The third kappa shape index (κ3) is 6.19. The van der Waals surface area contributed by atoms with E-state index in [2.05, 4.69) is 20.8 Å². The summed E-state index contributed by atoms with van der Waals surface area (Å²) < 4.78 is 0. The maximum Gasteiger partial charge on any atom is 0.373 e. The van der Waals surface area contributed by atoms with Crippen molar-refractivity contribution in [2.75, 3.05) is 0 Å². The molecule has 1 N–H and O–H groups in total. The summed E-state index contributed by atoms with van der Waals surface area (Å²) in [5.41, 5.74) is 0. The Morgan fingerprint density at radius 3 is 2.27 bits per heavy atom. The minimum Gasteiger partial charge on any atom is -0.477 e. The molecule has 26 heavy (non-hydrogen) atoms. The lowest BCUT2D eigenvalue weighted by Crippen LogP contribution is -2.64. The first kappa shape index (κ1) is 21.6. The van der Waals surface area contributed by atoms with Crippen LogP contribution in [0.25, 0.3) is 0 Å². The molecule has 6 heteroatoms. The molecule has 2 aliphatic heterocycles. The van der Waals surface area contributed by atoms with Gasteiger partial charge >= 0.3 is 11.8 Å². The predicted molar refractivity (Wildman–Crippen MR) is 97.1 cm³/mol. The number of carbonyl (C=O) groups is 1. The molecule has 2 rings (SSSR count). The molecule has 2 aliphatic rings. The molecule has 0 spiro atoms. The van der Waals surface area contributed by atoms with E-state index in [-0.39, 0.29) is 6.10 Å². The molecule has 0 aliphatic carbocycles. The topological polar surface area (TPSA) is 74.2 Å². The van der Waals surface area contributed by atoms with Crippen LogP contribution in [0.2, 0.25) is 0 Å². The smallest absolute Gasteiger partial charge is 0.373 e. The standard InChI is InChI=1S/C20H36O6/c1-15(2)9-4-5-10-16(3)11-6-7-12-17-13-8-14-18-20(19(21)22,25-23-17)26-24-18/h15-18H,4-14H2,1-3H3,(H,21,22). The molecule has 2 heterocycles. The van der Waals surface area contributed by atoms with Gasteiger partial charge in [-0.2, -0.15) is 9.78 Å². The first-order chi connectivity index (χ1) is 12.4. The average molecular weight is 373 g/mol. The molecule has 0 bridgehead atoms. The average Bonchev–Trinajstić information content (AvgIpc) is 2.56. The Morgan fingerprint density at radius 2 is 1.65 bits per heavy atom. The molecule has 2 saturated heterocycles. The van der Waals surface area contributed by atoms with E-state index in [4.69, 9.17) is 19.6 Å². The highest BCUT2D eigenvalue weighted by molar-refractivity contribution is 5.77. The van der Waals surface area contributed by atoms with E-state index in [1.165, 1.54) is 38.5 Å². The Balaban J connectivity index is 1.58. The van der Waals surface area contributed by atoms with Gasteiger partial charge in [-0.3, -0.25) is 0 Å². The van der Waals surface area contributed by atoms with Crippen molar-refractivity contribution in [2.45, 2.75) is 109 Å². The molecule has 2 fully saturated rings. The Hall–Kier alpha value is -0.690. The number of carboxylic acid groups (broad SMARTS) is 1. The molecule has 0 amide bonds. The van der Waals surface area contributed by atoms with Crippen LogP contribution in [0.4, 0.5) is 0 Å². The summed E-state index contributed by atoms with van der Waals surface area (Å²) >= 11 is 0. The largest absolute Gasteiger partial charge is 0.477 e. The van der Waals surface area contributed by atoms with Crippen molar-refractivity contribution in [1.82, 2.24) is 0 Å². The molecule has 0 aromatic rings. The van der Waals surface area contributed by atoms with E-state index in [1.807, 2.05) is 0 Å². The molecular weight excluding hydrogens is 336 g/mol. The number of carboxylic acids is 1. The molecule has 0 radical (unpaired) electrons. The van der Waals surface area contributed by atoms with E-state index in [0.717, 1.165) is 37.5 Å². The molecule has 6 nitrogen and oxygen atoms in total. The second-order valence-electron chi connectivity index (χ2n) is 8.44. The van der Waals surface area contributed by atoms with E-state index in [1.54, 1.807) is 0 Å². The summed E-state index contributed by atoms with van der Waals surface area (Å²) in [6.07, 6.45) is 11.4. The normalized spacial score (nSPS) is 30.2. The summed E-state index contributed by atoms with van der Waals surface area (Å²) in [6.45, 7) is 6.91. The van der Waals surface area contributed by atoms with Gasteiger partial charge in [0, 0.05) is 0 Å². The fourth-order valence-electron chi connectivity index (χ4n) is 3.68. The first-order valence-corrected chi connectivity index (χ1v) is 10.4. The van der Waals surface area contributed by atoms with Crippen LogP contribution >= 0.6 is 0 Å². The van der Waals surface area contributed by atoms with Crippen molar-refractivity contribution < 1.29 is 29.5 Å². The number of fused-ring (bicyclic) bond motifs is 1.